The first kappa shape index (κ1) is 21.1. The fraction of sp³-hybridized carbons (Fsp3) is 0.880. The van der Waals surface area contributed by atoms with E-state index in [-0.39, 0.29) is 34.6 Å². The molecule has 4 aliphatic rings. The van der Waals surface area contributed by atoms with Crippen molar-refractivity contribution in [1.82, 2.24) is 0 Å². The highest BCUT2D eigenvalue weighted by molar-refractivity contribution is 5.88. The standard InChI is InChI=1S/C25H38O4/c1-5-18-21-14-17(27)8-11-25(21,4)20-9-12-24(3)16(10-13-29-15(2)26)6-7-19(24)22(20)23(18)28/h16,18-22H,5-14H2,1-4H3/t16?,18-,19?,20?,21?,22?,24?,25?/m0/s1. The summed E-state index contributed by atoms with van der Waals surface area (Å²) in [6, 6.07) is 0. The summed E-state index contributed by atoms with van der Waals surface area (Å²) in [7, 11) is 0. The normalized spacial score (nSPS) is 46.6. The van der Waals surface area contributed by atoms with Gasteiger partial charge in [-0.3, -0.25) is 14.4 Å². The van der Waals surface area contributed by atoms with Crippen molar-refractivity contribution in [2.24, 2.45) is 46.3 Å². The second-order valence-corrected chi connectivity index (χ2v) is 11.0. The molecule has 0 saturated heterocycles. The van der Waals surface area contributed by atoms with Gasteiger partial charge >= 0.3 is 5.97 Å². The number of carbonyl (C=O) groups is 3. The van der Waals surface area contributed by atoms with Crippen LogP contribution < -0.4 is 0 Å². The van der Waals surface area contributed by atoms with Crippen molar-refractivity contribution in [1.29, 1.82) is 0 Å². The maximum absolute atomic E-state index is 13.8. The SMILES string of the molecule is CC[C@@H]1C(=O)C2C3CCC(CCOC(C)=O)C3(C)CCC2C2(C)CCC(=O)CC12. The molecule has 0 N–H and O–H groups in total. The Labute approximate surface area is 175 Å². The lowest BCUT2D eigenvalue weighted by atomic mass is 9.42. The minimum atomic E-state index is -0.201. The van der Waals surface area contributed by atoms with E-state index in [9.17, 15) is 14.4 Å². The van der Waals surface area contributed by atoms with E-state index in [4.69, 9.17) is 4.74 Å². The summed E-state index contributed by atoms with van der Waals surface area (Å²) in [6.45, 7) is 8.94. The van der Waals surface area contributed by atoms with Crippen LogP contribution >= 0.6 is 0 Å². The molecule has 0 heterocycles. The zero-order chi connectivity index (χ0) is 21.0. The summed E-state index contributed by atoms with van der Waals surface area (Å²) < 4.78 is 5.25. The van der Waals surface area contributed by atoms with E-state index < -0.39 is 0 Å². The van der Waals surface area contributed by atoms with Crippen LogP contribution in [0.2, 0.25) is 0 Å². The molecule has 29 heavy (non-hydrogen) atoms. The van der Waals surface area contributed by atoms with Gasteiger partial charge in [0.1, 0.15) is 11.6 Å². The Bertz CT molecular complexity index is 699. The smallest absolute Gasteiger partial charge is 0.302 e. The quantitative estimate of drug-likeness (QED) is 0.622. The molecule has 4 aliphatic carbocycles. The fourth-order valence-corrected chi connectivity index (χ4v) is 8.37. The second kappa shape index (κ2) is 7.50. The van der Waals surface area contributed by atoms with Gasteiger partial charge in [-0.2, -0.15) is 0 Å². The van der Waals surface area contributed by atoms with Crippen molar-refractivity contribution in [2.45, 2.75) is 85.5 Å². The summed E-state index contributed by atoms with van der Waals surface area (Å²) in [5.41, 5.74) is 0.327. The molecule has 0 bridgehead atoms. The molecule has 0 aliphatic heterocycles. The molecule has 4 nitrogen and oxygen atoms in total. The number of hydrogen-bond acceptors (Lipinski definition) is 4. The molecule has 4 rings (SSSR count). The molecule has 0 aromatic carbocycles. The number of rotatable bonds is 4. The molecule has 4 heteroatoms. The highest BCUT2D eigenvalue weighted by Crippen LogP contribution is 2.67. The van der Waals surface area contributed by atoms with Gasteiger partial charge in [0, 0.05) is 31.6 Å². The highest BCUT2D eigenvalue weighted by Gasteiger charge is 2.64. The number of ketones is 2. The van der Waals surface area contributed by atoms with Gasteiger partial charge in [-0.1, -0.05) is 20.8 Å². The van der Waals surface area contributed by atoms with Crippen molar-refractivity contribution in [3.05, 3.63) is 0 Å². The molecule has 162 valence electrons. The summed E-state index contributed by atoms with van der Waals surface area (Å²) in [5, 5.41) is 0. The average Bonchev–Trinajstić information content (AvgIpc) is 3.00. The Morgan fingerprint density at radius 3 is 2.45 bits per heavy atom. The minimum absolute atomic E-state index is 0.0629. The molecular weight excluding hydrogens is 364 g/mol. The first-order valence-corrected chi connectivity index (χ1v) is 11.9. The molecular formula is C25H38O4. The Hall–Kier alpha value is -1.19. The first-order valence-electron chi connectivity index (χ1n) is 11.9. The van der Waals surface area contributed by atoms with Gasteiger partial charge in [0.25, 0.3) is 0 Å². The van der Waals surface area contributed by atoms with Crippen LogP contribution in [0.5, 0.6) is 0 Å². The van der Waals surface area contributed by atoms with Crippen LogP contribution in [0.1, 0.15) is 85.5 Å². The van der Waals surface area contributed by atoms with E-state index in [2.05, 4.69) is 20.8 Å². The maximum Gasteiger partial charge on any atom is 0.302 e. The number of fused-ring (bicyclic) bond motifs is 5. The van der Waals surface area contributed by atoms with Crippen molar-refractivity contribution in [2.75, 3.05) is 6.61 Å². The average molecular weight is 403 g/mol. The van der Waals surface area contributed by atoms with Crippen LogP contribution in [-0.2, 0) is 19.1 Å². The summed E-state index contributed by atoms with van der Waals surface area (Å²) >= 11 is 0. The Balaban J connectivity index is 1.61. The lowest BCUT2D eigenvalue weighted by Crippen LogP contribution is -2.60. The third-order valence-electron chi connectivity index (χ3n) is 9.94. The summed E-state index contributed by atoms with van der Waals surface area (Å²) in [6.07, 6.45) is 8.65. The van der Waals surface area contributed by atoms with Gasteiger partial charge in [0.15, 0.2) is 0 Å². The zero-order valence-corrected chi connectivity index (χ0v) is 18.7. The molecule has 0 aromatic heterocycles. The third kappa shape index (κ3) is 3.20. The fourth-order valence-electron chi connectivity index (χ4n) is 8.37. The van der Waals surface area contributed by atoms with E-state index >= 15 is 0 Å². The molecule has 8 atom stereocenters. The molecule has 0 amide bonds. The predicted molar refractivity (Wildman–Crippen MR) is 111 cm³/mol. The van der Waals surface area contributed by atoms with E-state index in [0.717, 1.165) is 38.5 Å². The van der Waals surface area contributed by atoms with Gasteiger partial charge in [-0.25, -0.2) is 0 Å². The van der Waals surface area contributed by atoms with Gasteiger partial charge in [0.2, 0.25) is 0 Å². The van der Waals surface area contributed by atoms with Crippen LogP contribution in [0.4, 0.5) is 0 Å². The van der Waals surface area contributed by atoms with Gasteiger partial charge in [-0.05, 0) is 79.4 Å². The Morgan fingerprint density at radius 1 is 1.03 bits per heavy atom. The summed E-state index contributed by atoms with van der Waals surface area (Å²) in [5.74, 6) is 2.58. The molecule has 7 unspecified atom stereocenters. The largest absolute Gasteiger partial charge is 0.466 e. The number of esters is 1. The second-order valence-electron chi connectivity index (χ2n) is 11.0. The summed E-state index contributed by atoms with van der Waals surface area (Å²) in [4.78, 5) is 37.3. The van der Waals surface area contributed by atoms with E-state index in [0.29, 0.717) is 48.8 Å². The van der Waals surface area contributed by atoms with Crippen molar-refractivity contribution in [3.8, 4) is 0 Å². The first-order chi connectivity index (χ1) is 13.7. The van der Waals surface area contributed by atoms with Crippen molar-refractivity contribution in [3.63, 3.8) is 0 Å². The molecule has 4 fully saturated rings. The number of Topliss-reactive ketones (excluding diaryl/α,β-unsaturated/α-hetero) is 2. The monoisotopic (exact) mass is 402 g/mol. The van der Waals surface area contributed by atoms with Gasteiger partial charge in [-0.15, -0.1) is 0 Å². The number of carbonyl (C=O) groups excluding carboxylic acids is 3. The molecule has 4 saturated carbocycles. The van der Waals surface area contributed by atoms with Crippen LogP contribution in [0.25, 0.3) is 0 Å². The van der Waals surface area contributed by atoms with Gasteiger partial charge < -0.3 is 4.74 Å². The predicted octanol–water partition coefficient (Wildman–Crippen LogP) is 4.98. The van der Waals surface area contributed by atoms with E-state index in [1.54, 1.807) is 0 Å². The van der Waals surface area contributed by atoms with Crippen LogP contribution in [0.3, 0.4) is 0 Å². The van der Waals surface area contributed by atoms with Crippen LogP contribution in [0, 0.1) is 46.3 Å². The Morgan fingerprint density at radius 2 is 1.76 bits per heavy atom. The van der Waals surface area contributed by atoms with Crippen LogP contribution in [0.15, 0.2) is 0 Å². The molecule has 0 spiro atoms. The Kier molecular flexibility index (Phi) is 5.44. The lowest BCUT2D eigenvalue weighted by molar-refractivity contribution is -0.169. The zero-order valence-electron chi connectivity index (χ0n) is 18.7. The molecule has 0 radical (unpaired) electrons. The maximum atomic E-state index is 13.8. The van der Waals surface area contributed by atoms with Gasteiger partial charge in [0.05, 0.1) is 6.61 Å². The minimum Gasteiger partial charge on any atom is -0.466 e. The van der Waals surface area contributed by atoms with E-state index in [1.807, 2.05) is 0 Å². The molecule has 0 aromatic rings. The topological polar surface area (TPSA) is 60.4 Å². The van der Waals surface area contributed by atoms with Crippen molar-refractivity contribution < 1.29 is 19.1 Å². The third-order valence-corrected chi connectivity index (χ3v) is 9.94. The van der Waals surface area contributed by atoms with Crippen LogP contribution in [-0.4, -0.2) is 24.1 Å². The highest BCUT2D eigenvalue weighted by atomic mass is 16.5. The number of hydrogen-bond donors (Lipinski definition) is 0. The van der Waals surface area contributed by atoms with Crippen molar-refractivity contribution >= 4 is 17.5 Å². The lowest BCUT2D eigenvalue weighted by Gasteiger charge is -2.61. The number of ether oxygens (including phenoxy) is 1. The van der Waals surface area contributed by atoms with E-state index in [1.165, 1.54) is 13.3 Å².